The fourth-order valence-electron chi connectivity index (χ4n) is 2.49. The summed E-state index contributed by atoms with van der Waals surface area (Å²) in [6, 6.07) is 1.88. The molecular weight excluding hydrogens is 278 g/mol. The van der Waals surface area contributed by atoms with E-state index in [-0.39, 0.29) is 6.03 Å². The van der Waals surface area contributed by atoms with Gasteiger partial charge in [0.25, 0.3) is 0 Å². The number of aryl methyl sites for hydroxylation is 1. The summed E-state index contributed by atoms with van der Waals surface area (Å²) >= 11 is 5.58. The monoisotopic (exact) mass is 293 g/mol. The molecule has 0 aromatic carbocycles. The summed E-state index contributed by atoms with van der Waals surface area (Å²) < 4.78 is 1.89. The van der Waals surface area contributed by atoms with Gasteiger partial charge in [-0.15, -0.1) is 11.6 Å². The van der Waals surface area contributed by atoms with E-state index in [0.29, 0.717) is 25.5 Å². The molecule has 3 rings (SSSR count). The van der Waals surface area contributed by atoms with Crippen molar-refractivity contribution in [1.82, 2.24) is 24.8 Å². The lowest BCUT2D eigenvalue weighted by Crippen LogP contribution is -2.43. The van der Waals surface area contributed by atoms with E-state index >= 15 is 0 Å². The molecule has 2 amide bonds. The van der Waals surface area contributed by atoms with Crippen LogP contribution in [0.5, 0.6) is 0 Å². The Bertz CT molecular complexity index is 653. The molecular formula is C13H16ClN5O. The predicted molar refractivity (Wildman–Crippen MR) is 76.0 cm³/mol. The largest absolute Gasteiger partial charge is 0.337 e. The molecule has 0 fully saturated rings. The first-order chi connectivity index (χ1) is 9.69. The maximum Gasteiger partial charge on any atom is 0.317 e. The third-order valence-electron chi connectivity index (χ3n) is 3.43. The van der Waals surface area contributed by atoms with Gasteiger partial charge in [0, 0.05) is 43.2 Å². The van der Waals surface area contributed by atoms with Gasteiger partial charge >= 0.3 is 6.03 Å². The van der Waals surface area contributed by atoms with Crippen molar-refractivity contribution in [3.05, 3.63) is 29.2 Å². The second-order valence-electron chi connectivity index (χ2n) is 4.88. The van der Waals surface area contributed by atoms with E-state index in [2.05, 4.69) is 15.4 Å². The number of hydrogen-bond acceptors (Lipinski definition) is 3. The Kier molecular flexibility index (Phi) is 3.48. The van der Waals surface area contributed by atoms with Crippen LogP contribution in [-0.2, 0) is 13.0 Å². The molecule has 1 N–H and O–H groups in total. The fourth-order valence-corrected chi connectivity index (χ4v) is 2.59. The number of nitrogens with zero attached hydrogens (tertiary/aromatic N) is 4. The summed E-state index contributed by atoms with van der Waals surface area (Å²) in [7, 11) is 0. The highest BCUT2D eigenvalue weighted by atomic mass is 35.5. The Morgan fingerprint density at radius 1 is 1.55 bits per heavy atom. The van der Waals surface area contributed by atoms with Gasteiger partial charge in [0.15, 0.2) is 5.65 Å². The highest BCUT2D eigenvalue weighted by Gasteiger charge is 2.23. The van der Waals surface area contributed by atoms with Crippen LogP contribution in [0.1, 0.15) is 17.0 Å². The zero-order chi connectivity index (χ0) is 14.1. The fraction of sp³-hybridized carbons (Fsp3) is 0.462. The molecule has 2 aromatic rings. The smallest absolute Gasteiger partial charge is 0.317 e. The normalized spacial score (nSPS) is 14.4. The minimum absolute atomic E-state index is 0.0759. The molecule has 20 heavy (non-hydrogen) atoms. The minimum Gasteiger partial charge on any atom is -0.337 e. The third kappa shape index (κ3) is 2.31. The van der Waals surface area contributed by atoms with Crippen LogP contribution in [0.2, 0.25) is 0 Å². The number of aromatic nitrogens is 3. The summed E-state index contributed by atoms with van der Waals surface area (Å²) in [5.41, 5.74) is 4.01. The van der Waals surface area contributed by atoms with Gasteiger partial charge in [0.2, 0.25) is 0 Å². The Morgan fingerprint density at radius 3 is 3.20 bits per heavy atom. The van der Waals surface area contributed by atoms with Crippen LogP contribution in [0.3, 0.4) is 0 Å². The van der Waals surface area contributed by atoms with Crippen LogP contribution in [0.15, 0.2) is 12.3 Å². The number of nitrogens with one attached hydrogen (secondary N) is 1. The van der Waals surface area contributed by atoms with Crippen LogP contribution in [-0.4, -0.2) is 44.5 Å². The van der Waals surface area contributed by atoms with Crippen molar-refractivity contribution in [3.8, 4) is 0 Å². The topological polar surface area (TPSA) is 62.5 Å². The first-order valence-corrected chi connectivity index (χ1v) is 7.14. The maximum atomic E-state index is 11.9. The van der Waals surface area contributed by atoms with Crippen molar-refractivity contribution in [2.45, 2.75) is 19.9 Å². The Balaban J connectivity index is 1.85. The highest BCUT2D eigenvalue weighted by Crippen LogP contribution is 2.19. The molecule has 106 valence electrons. The molecule has 0 unspecified atom stereocenters. The zero-order valence-corrected chi connectivity index (χ0v) is 12.0. The van der Waals surface area contributed by atoms with Crippen molar-refractivity contribution >= 4 is 23.3 Å². The van der Waals surface area contributed by atoms with Crippen molar-refractivity contribution in [2.75, 3.05) is 19.0 Å². The number of carbonyl (C=O) groups excluding carboxylic acids is 1. The van der Waals surface area contributed by atoms with Gasteiger partial charge in [-0.25, -0.2) is 14.3 Å². The molecule has 0 saturated carbocycles. The van der Waals surface area contributed by atoms with Gasteiger partial charge < -0.3 is 10.2 Å². The molecule has 0 bridgehead atoms. The van der Waals surface area contributed by atoms with Gasteiger partial charge in [-0.05, 0) is 6.92 Å². The Morgan fingerprint density at radius 2 is 2.40 bits per heavy atom. The first-order valence-electron chi connectivity index (χ1n) is 6.61. The minimum atomic E-state index is -0.0759. The van der Waals surface area contributed by atoms with E-state index < -0.39 is 0 Å². The van der Waals surface area contributed by atoms with Gasteiger partial charge in [0.1, 0.15) is 0 Å². The molecule has 0 saturated heterocycles. The van der Waals surface area contributed by atoms with Crippen LogP contribution in [0.4, 0.5) is 4.79 Å². The molecule has 1 aliphatic rings. The standard InChI is InChI=1S/C13H16ClN5O/c1-9-6-12-16-7-10-8-18(13(20)15-4-3-14)5-2-11(10)19(12)17-9/h6-7H,2-5,8H2,1H3,(H,15,20). The number of carbonyl (C=O) groups is 1. The number of rotatable bonds is 2. The lowest BCUT2D eigenvalue weighted by molar-refractivity contribution is 0.192. The number of amides is 2. The SMILES string of the molecule is Cc1cc2ncc3c(n2n1)CCN(C(=O)NCCCl)C3. The Hall–Kier alpha value is -1.82. The van der Waals surface area contributed by atoms with Crippen molar-refractivity contribution in [3.63, 3.8) is 0 Å². The lowest BCUT2D eigenvalue weighted by Gasteiger charge is -2.28. The molecule has 0 spiro atoms. The summed E-state index contributed by atoms with van der Waals surface area (Å²) in [5.74, 6) is 0.422. The van der Waals surface area contributed by atoms with E-state index in [1.54, 1.807) is 4.90 Å². The van der Waals surface area contributed by atoms with Crippen molar-refractivity contribution < 1.29 is 4.79 Å². The number of alkyl halides is 1. The summed E-state index contributed by atoms with van der Waals surface area (Å²) in [6.45, 7) is 3.68. The molecule has 6 nitrogen and oxygen atoms in total. The lowest BCUT2D eigenvalue weighted by atomic mass is 10.1. The molecule has 3 heterocycles. The first kappa shape index (κ1) is 13.2. The summed E-state index contributed by atoms with van der Waals surface area (Å²) in [6.07, 6.45) is 2.62. The molecule has 2 aromatic heterocycles. The van der Waals surface area contributed by atoms with E-state index in [1.165, 1.54) is 0 Å². The van der Waals surface area contributed by atoms with Crippen LogP contribution in [0.25, 0.3) is 5.65 Å². The molecule has 7 heteroatoms. The van der Waals surface area contributed by atoms with E-state index in [1.807, 2.05) is 23.7 Å². The van der Waals surface area contributed by atoms with E-state index in [9.17, 15) is 4.79 Å². The maximum absolute atomic E-state index is 11.9. The van der Waals surface area contributed by atoms with E-state index in [4.69, 9.17) is 11.6 Å². The molecule has 0 radical (unpaired) electrons. The van der Waals surface area contributed by atoms with Gasteiger partial charge in [-0.3, -0.25) is 0 Å². The van der Waals surface area contributed by atoms with Crippen LogP contribution >= 0.6 is 11.6 Å². The van der Waals surface area contributed by atoms with Crippen LogP contribution in [0, 0.1) is 6.92 Å². The summed E-state index contributed by atoms with van der Waals surface area (Å²) in [5, 5.41) is 7.25. The predicted octanol–water partition coefficient (Wildman–Crippen LogP) is 1.34. The Labute approximate surface area is 121 Å². The van der Waals surface area contributed by atoms with Crippen molar-refractivity contribution in [1.29, 1.82) is 0 Å². The average Bonchev–Trinajstić information content (AvgIpc) is 2.84. The molecule has 1 aliphatic heterocycles. The van der Waals surface area contributed by atoms with Gasteiger partial charge in [-0.1, -0.05) is 0 Å². The average molecular weight is 294 g/mol. The highest BCUT2D eigenvalue weighted by molar-refractivity contribution is 6.18. The third-order valence-corrected chi connectivity index (χ3v) is 3.62. The number of fused-ring (bicyclic) bond motifs is 3. The van der Waals surface area contributed by atoms with E-state index in [0.717, 1.165) is 29.0 Å². The second kappa shape index (κ2) is 5.28. The molecule has 0 atom stereocenters. The summed E-state index contributed by atoms with van der Waals surface area (Å²) in [4.78, 5) is 18.1. The number of halogens is 1. The van der Waals surface area contributed by atoms with Crippen LogP contribution < -0.4 is 5.32 Å². The van der Waals surface area contributed by atoms with Gasteiger partial charge in [-0.2, -0.15) is 5.10 Å². The second-order valence-corrected chi connectivity index (χ2v) is 5.26. The van der Waals surface area contributed by atoms with Gasteiger partial charge in [0.05, 0.1) is 17.9 Å². The number of urea groups is 1. The quantitative estimate of drug-likeness (QED) is 0.850. The number of hydrogen-bond donors (Lipinski definition) is 1. The molecule has 0 aliphatic carbocycles. The van der Waals surface area contributed by atoms with Crippen molar-refractivity contribution in [2.24, 2.45) is 0 Å². The zero-order valence-electron chi connectivity index (χ0n) is 11.3.